The minimum Gasteiger partial charge on any atom is -0.258 e. The number of non-ortho nitro benzene ring substituents is 1. The Kier molecular flexibility index (Phi) is 5.68. The van der Waals surface area contributed by atoms with Crippen LogP contribution in [-0.2, 0) is 6.42 Å². The molecule has 2 aromatic carbocycles. The van der Waals surface area contributed by atoms with Crippen LogP contribution in [0, 0.1) is 20.2 Å². The molecule has 0 amide bonds. The van der Waals surface area contributed by atoms with Crippen molar-refractivity contribution in [3.8, 4) is 0 Å². The second-order valence-electron chi connectivity index (χ2n) is 4.89. The standard InChI is InChI=1S/C15H12BrClN2O4/c16-14(11-2-1-3-12(17)8-11)7-5-10-4-6-13(18(20)21)9-15(10)19(22)23/h1-4,6,8-9,14H,5,7H2. The van der Waals surface area contributed by atoms with Crippen molar-refractivity contribution in [2.45, 2.75) is 17.7 Å². The summed E-state index contributed by atoms with van der Waals surface area (Å²) in [6.45, 7) is 0. The smallest absolute Gasteiger partial charge is 0.258 e. The predicted octanol–water partition coefficient (Wildman–Crippen LogP) is 5.23. The van der Waals surface area contributed by atoms with Gasteiger partial charge in [0, 0.05) is 21.5 Å². The molecule has 1 unspecified atom stereocenters. The predicted molar refractivity (Wildman–Crippen MR) is 91.2 cm³/mol. The molecule has 0 bridgehead atoms. The van der Waals surface area contributed by atoms with Crippen LogP contribution >= 0.6 is 27.5 Å². The molecule has 23 heavy (non-hydrogen) atoms. The molecule has 2 aromatic rings. The first-order valence-corrected chi connectivity index (χ1v) is 7.99. The number of hydrogen-bond acceptors (Lipinski definition) is 4. The Morgan fingerprint density at radius 2 is 1.83 bits per heavy atom. The zero-order valence-electron chi connectivity index (χ0n) is 11.8. The van der Waals surface area contributed by atoms with Crippen molar-refractivity contribution < 1.29 is 9.85 Å². The molecular weight excluding hydrogens is 388 g/mol. The van der Waals surface area contributed by atoms with E-state index in [4.69, 9.17) is 11.6 Å². The van der Waals surface area contributed by atoms with Crippen molar-refractivity contribution in [3.05, 3.63) is 78.8 Å². The number of nitro groups is 2. The third kappa shape index (κ3) is 4.49. The molecule has 0 aliphatic carbocycles. The topological polar surface area (TPSA) is 86.3 Å². The van der Waals surface area contributed by atoms with Gasteiger partial charge in [-0.2, -0.15) is 0 Å². The molecule has 8 heteroatoms. The highest BCUT2D eigenvalue weighted by Crippen LogP contribution is 2.32. The monoisotopic (exact) mass is 398 g/mol. The van der Waals surface area contributed by atoms with Gasteiger partial charge in [-0.15, -0.1) is 0 Å². The van der Waals surface area contributed by atoms with Crippen LogP contribution in [0.15, 0.2) is 42.5 Å². The lowest BCUT2D eigenvalue weighted by molar-refractivity contribution is -0.394. The van der Waals surface area contributed by atoms with Gasteiger partial charge in [0.05, 0.1) is 15.9 Å². The molecule has 120 valence electrons. The van der Waals surface area contributed by atoms with E-state index in [-0.39, 0.29) is 16.2 Å². The fourth-order valence-electron chi connectivity index (χ4n) is 2.20. The zero-order valence-corrected chi connectivity index (χ0v) is 14.2. The molecule has 6 nitrogen and oxygen atoms in total. The van der Waals surface area contributed by atoms with Gasteiger partial charge in [-0.3, -0.25) is 20.2 Å². The van der Waals surface area contributed by atoms with Gasteiger partial charge in [0.25, 0.3) is 11.4 Å². The maximum Gasteiger partial charge on any atom is 0.279 e. The number of aryl methyl sites for hydroxylation is 1. The van der Waals surface area contributed by atoms with Crippen LogP contribution in [0.25, 0.3) is 0 Å². The fraction of sp³-hybridized carbons (Fsp3) is 0.200. The highest BCUT2D eigenvalue weighted by atomic mass is 79.9. The number of halogens is 2. The molecule has 0 aliphatic heterocycles. The lowest BCUT2D eigenvalue weighted by Gasteiger charge is -2.10. The molecule has 0 aliphatic rings. The Morgan fingerprint density at radius 3 is 2.43 bits per heavy atom. The fourth-order valence-corrected chi connectivity index (χ4v) is 2.91. The number of alkyl halides is 1. The third-order valence-electron chi connectivity index (χ3n) is 3.35. The van der Waals surface area contributed by atoms with E-state index in [9.17, 15) is 20.2 Å². The Morgan fingerprint density at radius 1 is 1.09 bits per heavy atom. The van der Waals surface area contributed by atoms with E-state index in [1.54, 1.807) is 6.07 Å². The SMILES string of the molecule is O=[N+]([O-])c1ccc(CCC(Br)c2cccc(Cl)c2)c([N+](=O)[O-])c1. The van der Waals surface area contributed by atoms with Gasteiger partial charge in [0.2, 0.25) is 0 Å². The van der Waals surface area contributed by atoms with Crippen molar-refractivity contribution in [2.75, 3.05) is 0 Å². The summed E-state index contributed by atoms with van der Waals surface area (Å²) in [5, 5.41) is 22.5. The molecule has 0 saturated carbocycles. The Bertz CT molecular complexity index is 754. The van der Waals surface area contributed by atoms with Crippen LogP contribution in [0.1, 0.15) is 22.4 Å². The molecular formula is C15H12BrClN2O4. The number of rotatable bonds is 6. The van der Waals surface area contributed by atoms with Gasteiger partial charge in [-0.05, 0) is 36.6 Å². The molecule has 0 N–H and O–H groups in total. The van der Waals surface area contributed by atoms with E-state index >= 15 is 0 Å². The van der Waals surface area contributed by atoms with Crippen LogP contribution < -0.4 is 0 Å². The molecule has 0 spiro atoms. The number of nitrogens with zero attached hydrogens (tertiary/aromatic N) is 2. The summed E-state index contributed by atoms with van der Waals surface area (Å²) in [4.78, 5) is 20.6. The highest BCUT2D eigenvalue weighted by Gasteiger charge is 2.20. The molecule has 0 fully saturated rings. The van der Waals surface area contributed by atoms with Gasteiger partial charge >= 0.3 is 0 Å². The van der Waals surface area contributed by atoms with Crippen LogP contribution in [0.4, 0.5) is 11.4 Å². The molecule has 0 radical (unpaired) electrons. The van der Waals surface area contributed by atoms with Gasteiger partial charge in [0.1, 0.15) is 0 Å². The first-order chi connectivity index (χ1) is 10.9. The van der Waals surface area contributed by atoms with E-state index in [2.05, 4.69) is 15.9 Å². The third-order valence-corrected chi connectivity index (χ3v) is 4.58. The molecule has 1 atom stereocenters. The van der Waals surface area contributed by atoms with E-state index in [0.29, 0.717) is 23.4 Å². The lowest BCUT2D eigenvalue weighted by Crippen LogP contribution is -2.00. The van der Waals surface area contributed by atoms with Crippen molar-refractivity contribution in [3.63, 3.8) is 0 Å². The average Bonchev–Trinajstić information content (AvgIpc) is 2.52. The average molecular weight is 400 g/mol. The molecule has 0 heterocycles. The number of hydrogen-bond donors (Lipinski definition) is 0. The maximum absolute atomic E-state index is 11.1. The quantitative estimate of drug-likeness (QED) is 0.378. The molecule has 0 saturated heterocycles. The maximum atomic E-state index is 11.1. The van der Waals surface area contributed by atoms with Crippen LogP contribution in [0.5, 0.6) is 0 Å². The summed E-state index contributed by atoms with van der Waals surface area (Å²) >= 11 is 9.49. The number of nitro benzene ring substituents is 2. The zero-order chi connectivity index (χ0) is 17.0. The minimum atomic E-state index is -0.643. The van der Waals surface area contributed by atoms with Crippen LogP contribution in [0.2, 0.25) is 5.02 Å². The highest BCUT2D eigenvalue weighted by molar-refractivity contribution is 9.09. The van der Waals surface area contributed by atoms with Crippen LogP contribution in [-0.4, -0.2) is 9.85 Å². The molecule has 0 aromatic heterocycles. The largest absolute Gasteiger partial charge is 0.279 e. The van der Waals surface area contributed by atoms with E-state index in [0.717, 1.165) is 11.6 Å². The summed E-state index contributed by atoms with van der Waals surface area (Å²) in [5.74, 6) is 0. The van der Waals surface area contributed by atoms with Crippen LogP contribution in [0.3, 0.4) is 0 Å². The van der Waals surface area contributed by atoms with Crippen molar-refractivity contribution in [2.24, 2.45) is 0 Å². The summed E-state index contributed by atoms with van der Waals surface area (Å²) < 4.78 is 0. The van der Waals surface area contributed by atoms with Gasteiger partial charge in [-0.1, -0.05) is 39.7 Å². The van der Waals surface area contributed by atoms with Crippen molar-refractivity contribution in [1.29, 1.82) is 0 Å². The number of benzene rings is 2. The second-order valence-corrected chi connectivity index (χ2v) is 6.43. The second kappa shape index (κ2) is 7.52. The Labute approximate surface area is 145 Å². The first kappa shape index (κ1) is 17.4. The normalized spacial score (nSPS) is 11.9. The van der Waals surface area contributed by atoms with E-state index < -0.39 is 9.85 Å². The Balaban J connectivity index is 2.16. The first-order valence-electron chi connectivity index (χ1n) is 6.69. The van der Waals surface area contributed by atoms with Gasteiger partial charge < -0.3 is 0 Å². The Hall–Kier alpha value is -1.99. The van der Waals surface area contributed by atoms with Crippen molar-refractivity contribution in [1.82, 2.24) is 0 Å². The summed E-state index contributed by atoms with van der Waals surface area (Å²) in [5.41, 5.74) is 0.921. The summed E-state index contributed by atoms with van der Waals surface area (Å²) in [6.07, 6.45) is 1.01. The van der Waals surface area contributed by atoms with Crippen molar-refractivity contribution >= 4 is 38.9 Å². The summed E-state index contributed by atoms with van der Waals surface area (Å²) in [6, 6.07) is 11.1. The minimum absolute atomic E-state index is 0.0176. The molecule has 2 rings (SSSR count). The summed E-state index contributed by atoms with van der Waals surface area (Å²) in [7, 11) is 0. The lowest BCUT2D eigenvalue weighted by atomic mass is 10.0. The van der Waals surface area contributed by atoms with E-state index in [1.165, 1.54) is 12.1 Å². The van der Waals surface area contributed by atoms with Gasteiger partial charge in [0.15, 0.2) is 0 Å². The van der Waals surface area contributed by atoms with Gasteiger partial charge in [-0.25, -0.2) is 0 Å². The van der Waals surface area contributed by atoms with E-state index in [1.807, 2.05) is 18.2 Å².